The van der Waals surface area contributed by atoms with Gasteiger partial charge in [0, 0.05) is 17.3 Å². The van der Waals surface area contributed by atoms with Crippen LogP contribution in [0.2, 0.25) is 0 Å². The van der Waals surface area contributed by atoms with Crippen molar-refractivity contribution in [1.29, 1.82) is 0 Å². The van der Waals surface area contributed by atoms with Crippen LogP contribution >= 0.6 is 34.8 Å². The van der Waals surface area contributed by atoms with E-state index in [0.29, 0.717) is 6.54 Å². The van der Waals surface area contributed by atoms with Crippen molar-refractivity contribution in [2.24, 2.45) is 5.92 Å². The molecule has 1 fully saturated rings. The van der Waals surface area contributed by atoms with Crippen LogP contribution in [0.4, 0.5) is 0 Å². The number of carbonyl (C=O) groups excluding carboxylic acids is 1. The third-order valence-electron chi connectivity index (χ3n) is 2.04. The van der Waals surface area contributed by atoms with Gasteiger partial charge >= 0.3 is 0 Å². The Morgan fingerprint density at radius 3 is 2.25 bits per heavy atom. The van der Waals surface area contributed by atoms with Crippen LogP contribution in [-0.2, 0) is 4.79 Å². The number of nitrogens with one attached hydrogen (secondary N) is 1. The molecule has 0 aromatic carbocycles. The van der Waals surface area contributed by atoms with Gasteiger partial charge in [0.25, 0.3) is 5.91 Å². The molecule has 1 N–H and O–H groups in total. The van der Waals surface area contributed by atoms with Gasteiger partial charge in [-0.25, -0.2) is 0 Å². The highest BCUT2D eigenvalue weighted by Gasteiger charge is 2.53. The van der Waals surface area contributed by atoms with Crippen molar-refractivity contribution >= 4 is 40.7 Å². The number of hydrogen-bond acceptors (Lipinski definition) is 1. The Morgan fingerprint density at radius 1 is 1.58 bits per heavy atom. The Labute approximate surface area is 86.5 Å². The normalized spacial score (nSPS) is 28.8. The molecule has 1 unspecified atom stereocenters. The molecule has 1 saturated heterocycles. The molecule has 0 bridgehead atoms. The lowest BCUT2D eigenvalue weighted by Crippen LogP contribution is -2.39. The van der Waals surface area contributed by atoms with Gasteiger partial charge in [-0.15, -0.1) is 11.6 Å². The van der Waals surface area contributed by atoms with Crippen molar-refractivity contribution in [3.05, 3.63) is 0 Å². The predicted molar refractivity (Wildman–Crippen MR) is 50.9 cm³/mol. The van der Waals surface area contributed by atoms with Crippen molar-refractivity contribution < 1.29 is 4.79 Å². The third-order valence-corrected chi connectivity index (χ3v) is 3.17. The van der Waals surface area contributed by atoms with E-state index in [1.807, 2.05) is 0 Å². The first-order valence-corrected chi connectivity index (χ1v) is 4.74. The molecule has 0 radical (unpaired) electrons. The Bertz CT molecular complexity index is 209. The lowest BCUT2D eigenvalue weighted by Gasteiger charge is -2.29. The SMILES string of the molecule is CC(C)(Cl)C1CNC(=O)C1(Cl)Cl. The summed E-state index contributed by atoms with van der Waals surface area (Å²) in [5.41, 5.74) is 0. The number of alkyl halides is 3. The van der Waals surface area contributed by atoms with E-state index in [0.717, 1.165) is 0 Å². The van der Waals surface area contributed by atoms with E-state index in [9.17, 15) is 4.79 Å². The molecule has 1 heterocycles. The highest BCUT2D eigenvalue weighted by atomic mass is 35.5. The van der Waals surface area contributed by atoms with Gasteiger partial charge < -0.3 is 5.32 Å². The lowest BCUT2D eigenvalue weighted by molar-refractivity contribution is -0.120. The summed E-state index contributed by atoms with van der Waals surface area (Å²) in [4.78, 5) is 10.5. The first-order chi connectivity index (χ1) is 5.26. The van der Waals surface area contributed by atoms with Crippen molar-refractivity contribution in [3.8, 4) is 0 Å². The molecule has 1 amide bonds. The molecule has 70 valence electrons. The minimum absolute atomic E-state index is 0.262. The van der Waals surface area contributed by atoms with E-state index >= 15 is 0 Å². The number of hydrogen-bond donors (Lipinski definition) is 1. The standard InChI is InChI=1S/C7H10Cl3NO/c1-6(2,8)4-3-11-5(12)7(4,9)10/h4H,3H2,1-2H3,(H,11,12). The molecule has 0 aromatic rings. The topological polar surface area (TPSA) is 29.1 Å². The van der Waals surface area contributed by atoms with Crippen molar-refractivity contribution in [2.45, 2.75) is 23.1 Å². The number of rotatable bonds is 1. The highest BCUT2D eigenvalue weighted by molar-refractivity contribution is 6.59. The smallest absolute Gasteiger partial charge is 0.256 e. The van der Waals surface area contributed by atoms with Gasteiger partial charge in [0.05, 0.1) is 0 Å². The maximum Gasteiger partial charge on any atom is 0.256 e. The maximum absolute atomic E-state index is 11.1. The molecule has 1 atom stereocenters. The van der Waals surface area contributed by atoms with Gasteiger partial charge in [-0.05, 0) is 13.8 Å². The van der Waals surface area contributed by atoms with Gasteiger partial charge in [0.2, 0.25) is 4.33 Å². The molecule has 1 aliphatic heterocycles. The number of carbonyl (C=O) groups is 1. The van der Waals surface area contributed by atoms with Gasteiger partial charge in [0.15, 0.2) is 0 Å². The average Bonchev–Trinajstić information content (AvgIpc) is 2.06. The van der Waals surface area contributed by atoms with Crippen LogP contribution in [0.15, 0.2) is 0 Å². The summed E-state index contributed by atoms with van der Waals surface area (Å²) in [6.07, 6.45) is 0. The Hall–Kier alpha value is 0.340. The summed E-state index contributed by atoms with van der Waals surface area (Å²) in [7, 11) is 0. The highest BCUT2D eigenvalue weighted by Crippen LogP contribution is 2.43. The van der Waals surface area contributed by atoms with E-state index in [1.54, 1.807) is 13.8 Å². The van der Waals surface area contributed by atoms with E-state index in [2.05, 4.69) is 5.32 Å². The van der Waals surface area contributed by atoms with E-state index in [1.165, 1.54) is 0 Å². The minimum atomic E-state index is -1.38. The van der Waals surface area contributed by atoms with Gasteiger partial charge in [-0.1, -0.05) is 23.2 Å². The minimum Gasteiger partial charge on any atom is -0.353 e. The zero-order chi connectivity index (χ0) is 9.57. The average molecular weight is 231 g/mol. The van der Waals surface area contributed by atoms with Gasteiger partial charge in [-0.2, -0.15) is 0 Å². The van der Waals surface area contributed by atoms with Crippen molar-refractivity contribution in [2.75, 3.05) is 6.54 Å². The maximum atomic E-state index is 11.1. The molecular formula is C7H10Cl3NO. The van der Waals surface area contributed by atoms with Crippen LogP contribution < -0.4 is 5.32 Å². The Balaban J connectivity index is 2.89. The summed E-state index contributed by atoms with van der Waals surface area (Å²) in [6, 6.07) is 0. The number of halogens is 3. The molecule has 0 aromatic heterocycles. The fourth-order valence-corrected chi connectivity index (χ4v) is 2.46. The molecular weight excluding hydrogens is 220 g/mol. The Kier molecular flexibility index (Phi) is 2.54. The second kappa shape index (κ2) is 2.93. The zero-order valence-electron chi connectivity index (χ0n) is 6.83. The summed E-state index contributed by atoms with van der Waals surface area (Å²) in [5, 5.41) is 2.58. The van der Waals surface area contributed by atoms with Crippen LogP contribution in [0.1, 0.15) is 13.8 Å². The summed E-state index contributed by atoms with van der Waals surface area (Å²) >= 11 is 17.7. The van der Waals surface area contributed by atoms with Crippen molar-refractivity contribution in [1.82, 2.24) is 5.32 Å². The fraction of sp³-hybridized carbons (Fsp3) is 0.857. The first-order valence-electron chi connectivity index (χ1n) is 3.61. The summed E-state index contributed by atoms with van der Waals surface area (Å²) in [5.74, 6) is -0.618. The third kappa shape index (κ3) is 1.66. The van der Waals surface area contributed by atoms with Crippen LogP contribution in [0.25, 0.3) is 0 Å². The molecule has 0 spiro atoms. The van der Waals surface area contributed by atoms with E-state index < -0.39 is 9.21 Å². The monoisotopic (exact) mass is 229 g/mol. The first kappa shape index (κ1) is 10.4. The molecule has 5 heteroatoms. The second-order valence-corrected chi connectivity index (χ2v) is 5.81. The van der Waals surface area contributed by atoms with Gasteiger partial charge in [0.1, 0.15) is 0 Å². The van der Waals surface area contributed by atoms with Crippen molar-refractivity contribution in [3.63, 3.8) is 0 Å². The fourth-order valence-electron chi connectivity index (χ4n) is 1.27. The zero-order valence-corrected chi connectivity index (χ0v) is 9.09. The molecule has 1 aliphatic rings. The van der Waals surface area contributed by atoms with E-state index in [4.69, 9.17) is 34.8 Å². The quantitative estimate of drug-likeness (QED) is 0.685. The van der Waals surface area contributed by atoms with Crippen LogP contribution in [0.3, 0.4) is 0 Å². The van der Waals surface area contributed by atoms with E-state index in [-0.39, 0.29) is 11.8 Å². The molecule has 0 aliphatic carbocycles. The lowest BCUT2D eigenvalue weighted by atomic mass is 9.93. The molecule has 2 nitrogen and oxygen atoms in total. The molecule has 12 heavy (non-hydrogen) atoms. The second-order valence-electron chi connectivity index (χ2n) is 3.45. The largest absolute Gasteiger partial charge is 0.353 e. The molecule has 1 rings (SSSR count). The van der Waals surface area contributed by atoms with Crippen LogP contribution in [0, 0.1) is 5.92 Å². The predicted octanol–water partition coefficient (Wildman–Crippen LogP) is 1.92. The summed E-state index contributed by atoms with van der Waals surface area (Å²) < 4.78 is -1.38. The van der Waals surface area contributed by atoms with Gasteiger partial charge in [-0.3, -0.25) is 4.79 Å². The molecule has 0 saturated carbocycles. The van der Waals surface area contributed by atoms with Crippen LogP contribution in [0.5, 0.6) is 0 Å². The summed E-state index contributed by atoms with van der Waals surface area (Å²) in [6.45, 7) is 4.01. The number of amides is 1. The van der Waals surface area contributed by atoms with Crippen LogP contribution in [-0.4, -0.2) is 21.7 Å². The Morgan fingerprint density at radius 2 is 2.08 bits per heavy atom.